The number of fused-ring (bicyclic) bond motifs is 1. The first kappa shape index (κ1) is 45.5. The first-order chi connectivity index (χ1) is 26.5. The normalized spacial score (nSPS) is 26.6. The van der Waals surface area contributed by atoms with Gasteiger partial charge in [-0.1, -0.05) is 165 Å². The van der Waals surface area contributed by atoms with Crippen molar-refractivity contribution < 1.29 is 27.8 Å². The molecule has 0 bridgehead atoms. The van der Waals surface area contributed by atoms with Crippen LogP contribution in [0.1, 0.15) is 101 Å². The van der Waals surface area contributed by atoms with Crippen LogP contribution in [-0.4, -0.2) is 70.9 Å². The third kappa shape index (κ3) is 9.72. The third-order valence-corrected chi connectivity index (χ3v) is 24.8. The van der Waals surface area contributed by atoms with Crippen LogP contribution in [0.15, 0.2) is 84.9 Å². The van der Waals surface area contributed by atoms with Crippen molar-refractivity contribution >= 4 is 49.6 Å². The number of hydrogen-bond acceptors (Lipinski definition) is 6. The maximum Gasteiger partial charge on any atom is 0.261 e. The van der Waals surface area contributed by atoms with Gasteiger partial charge in [0.05, 0.1) is 50.8 Å². The number of alkyl halides is 1. The van der Waals surface area contributed by atoms with E-state index >= 15 is 0 Å². The maximum atomic E-state index is 7.84. The molecular weight excluding hydrogens is 844 g/mol. The number of benzene rings is 3. The molecule has 2 aliphatic heterocycles. The molecule has 7 atom stereocenters. The van der Waals surface area contributed by atoms with E-state index in [0.29, 0.717) is 35.8 Å². The van der Waals surface area contributed by atoms with Gasteiger partial charge < -0.3 is 27.8 Å². The van der Waals surface area contributed by atoms with Gasteiger partial charge in [0.1, 0.15) is 11.4 Å². The fourth-order valence-corrected chi connectivity index (χ4v) is 21.1. The van der Waals surface area contributed by atoms with E-state index in [4.69, 9.17) is 27.8 Å². The molecule has 0 aromatic heterocycles. The van der Waals surface area contributed by atoms with Crippen LogP contribution in [0.2, 0.25) is 21.7 Å². The van der Waals surface area contributed by atoms with E-state index in [-0.39, 0.29) is 35.6 Å². The molecule has 0 spiro atoms. The van der Waals surface area contributed by atoms with E-state index < -0.39 is 22.2 Å². The Kier molecular flexibility index (Phi) is 15.6. The number of rotatable bonds is 15. The molecule has 0 aliphatic carbocycles. The zero-order valence-electron chi connectivity index (χ0n) is 36.3. The smallest absolute Gasteiger partial charge is 0.261 e. The minimum atomic E-state index is -2.86. The Labute approximate surface area is 355 Å². The third-order valence-electron chi connectivity index (χ3n) is 12.8. The average molecular weight is 915 g/mol. The van der Waals surface area contributed by atoms with Gasteiger partial charge in [0.15, 0.2) is 0 Å². The maximum absolute atomic E-state index is 7.84. The lowest BCUT2D eigenvalue weighted by molar-refractivity contribution is -0.257. The SMILES string of the molecule is COc1ccc(CO[C@H]2C[C@@H](C)C[C@H]3O[C@@](C)(CO[Si](c4ccccc4)(c4ccccc4)C(C)(C)C)[C@H](O[Si](C(C)C)(C(C)C)C(C)C)C[C@@H]3O[C@@H]2CI)cc1. The molecule has 0 radical (unpaired) electrons. The Morgan fingerprint density at radius 2 is 1.34 bits per heavy atom. The van der Waals surface area contributed by atoms with Gasteiger partial charge >= 0.3 is 0 Å². The summed E-state index contributed by atoms with van der Waals surface area (Å²) in [6, 6.07) is 30.1. The first-order valence-electron chi connectivity index (χ1n) is 21.1. The molecule has 2 saturated heterocycles. The summed E-state index contributed by atoms with van der Waals surface area (Å²) in [5.41, 5.74) is 1.72. The van der Waals surface area contributed by atoms with Crippen LogP contribution in [-0.2, 0) is 29.7 Å². The summed E-state index contributed by atoms with van der Waals surface area (Å²) in [7, 11) is -3.51. The molecule has 3 aromatic carbocycles. The fourth-order valence-electron chi connectivity index (χ4n) is 10.0. The highest BCUT2D eigenvalue weighted by atomic mass is 127. The van der Waals surface area contributed by atoms with Crippen LogP contribution < -0.4 is 15.1 Å². The van der Waals surface area contributed by atoms with Crippen molar-refractivity contribution in [3.05, 3.63) is 90.5 Å². The second kappa shape index (κ2) is 19.2. The molecule has 2 aliphatic rings. The van der Waals surface area contributed by atoms with Gasteiger partial charge in [0.25, 0.3) is 8.32 Å². The average Bonchev–Trinajstić information content (AvgIpc) is 3.15. The van der Waals surface area contributed by atoms with Crippen LogP contribution >= 0.6 is 22.6 Å². The Balaban J connectivity index is 1.52. The summed E-state index contributed by atoms with van der Waals surface area (Å²) in [6.07, 6.45) is 2.08. The highest BCUT2D eigenvalue weighted by molar-refractivity contribution is 14.1. The van der Waals surface area contributed by atoms with E-state index in [2.05, 4.69) is 172 Å². The van der Waals surface area contributed by atoms with E-state index in [9.17, 15) is 0 Å². The number of halogens is 1. The van der Waals surface area contributed by atoms with Crippen LogP contribution in [0.4, 0.5) is 0 Å². The topological polar surface area (TPSA) is 55.4 Å². The number of ether oxygens (including phenoxy) is 4. The monoisotopic (exact) mass is 914 g/mol. The van der Waals surface area contributed by atoms with Gasteiger partial charge in [-0.25, -0.2) is 0 Å². The minimum absolute atomic E-state index is 0.0217. The largest absolute Gasteiger partial charge is 0.497 e. The molecule has 3 aromatic rings. The van der Waals surface area contributed by atoms with E-state index in [1.54, 1.807) is 7.11 Å². The van der Waals surface area contributed by atoms with Crippen molar-refractivity contribution in [2.24, 2.45) is 5.92 Å². The molecule has 6 nitrogen and oxygen atoms in total. The quantitative estimate of drug-likeness (QED) is 0.0860. The summed E-state index contributed by atoms with van der Waals surface area (Å²) in [6.45, 7) is 26.9. The second-order valence-electron chi connectivity index (χ2n) is 18.7. The summed E-state index contributed by atoms with van der Waals surface area (Å²) >= 11 is 2.48. The predicted octanol–water partition coefficient (Wildman–Crippen LogP) is 10.9. The van der Waals surface area contributed by atoms with Crippen molar-refractivity contribution in [1.29, 1.82) is 0 Å². The van der Waals surface area contributed by atoms with Crippen LogP contribution in [0, 0.1) is 5.92 Å². The highest BCUT2D eigenvalue weighted by Crippen LogP contribution is 2.48. The summed E-state index contributed by atoms with van der Waals surface area (Å²) in [4.78, 5) is 0. The Morgan fingerprint density at radius 1 is 0.786 bits per heavy atom. The Bertz CT molecular complexity index is 1570. The van der Waals surface area contributed by atoms with Gasteiger partial charge in [0, 0.05) is 10.8 Å². The molecule has 0 amide bonds. The fraction of sp³-hybridized carbons (Fsp3) is 0.617. The molecule has 9 heteroatoms. The highest BCUT2D eigenvalue weighted by Gasteiger charge is 2.57. The standard InChI is InChI=1S/C47H71IO6Si2/c1-33(2)55(34(3)4,35(5)6)54-45-29-42-43(28-36(7)27-41(44(30-48)52-42)50-31-37-23-25-38(49-12)26-24-37)53-47(45,11)32-51-56(46(8,9)10,39-19-15-13-16-20-39)40-21-17-14-18-22-40/h13-26,33-36,41-45H,27-32H2,1-12H3/t36-,41+,42+,43-,44-,45-,47+/m1/s1. The zero-order valence-corrected chi connectivity index (χ0v) is 40.5. The predicted molar refractivity (Wildman–Crippen MR) is 245 cm³/mol. The van der Waals surface area contributed by atoms with Crippen molar-refractivity contribution in [3.8, 4) is 5.75 Å². The number of methoxy groups -OCH3 is 1. The van der Waals surface area contributed by atoms with Crippen LogP contribution in [0.3, 0.4) is 0 Å². The lowest BCUT2D eigenvalue weighted by atomic mass is 9.83. The Hall–Kier alpha value is -1.58. The molecule has 310 valence electrons. The van der Waals surface area contributed by atoms with Gasteiger partial charge in [-0.05, 0) is 75.4 Å². The molecule has 5 rings (SSSR count). The lowest BCUT2D eigenvalue weighted by Gasteiger charge is -2.55. The van der Waals surface area contributed by atoms with Gasteiger partial charge in [0.2, 0.25) is 8.32 Å². The van der Waals surface area contributed by atoms with Gasteiger partial charge in [-0.2, -0.15) is 0 Å². The van der Waals surface area contributed by atoms with Crippen molar-refractivity contribution in [2.75, 3.05) is 18.1 Å². The number of hydrogen-bond donors (Lipinski definition) is 0. The van der Waals surface area contributed by atoms with E-state index in [0.717, 1.165) is 35.0 Å². The molecule has 56 heavy (non-hydrogen) atoms. The summed E-state index contributed by atoms with van der Waals surface area (Å²) in [5, 5.41) is 2.40. The molecule has 0 unspecified atom stereocenters. The first-order valence-corrected chi connectivity index (χ1v) is 26.6. The molecule has 0 N–H and O–H groups in total. The van der Waals surface area contributed by atoms with Crippen LogP contribution in [0.5, 0.6) is 5.75 Å². The van der Waals surface area contributed by atoms with Gasteiger partial charge in [-0.15, -0.1) is 0 Å². The molecule has 2 fully saturated rings. The van der Waals surface area contributed by atoms with Crippen LogP contribution in [0.25, 0.3) is 0 Å². The Morgan fingerprint density at radius 3 is 1.82 bits per heavy atom. The van der Waals surface area contributed by atoms with E-state index in [1.165, 1.54) is 10.4 Å². The molecule has 0 saturated carbocycles. The van der Waals surface area contributed by atoms with Crippen molar-refractivity contribution in [1.82, 2.24) is 0 Å². The second-order valence-corrected chi connectivity index (χ2v) is 29.3. The lowest BCUT2D eigenvalue weighted by Crippen LogP contribution is -2.70. The summed E-state index contributed by atoms with van der Waals surface area (Å²) in [5.74, 6) is 1.23. The molecule has 2 heterocycles. The minimum Gasteiger partial charge on any atom is -0.497 e. The molecular formula is C47H71IO6Si2. The van der Waals surface area contributed by atoms with Crippen molar-refractivity contribution in [3.63, 3.8) is 0 Å². The van der Waals surface area contributed by atoms with E-state index in [1.807, 2.05) is 12.1 Å². The zero-order chi connectivity index (χ0) is 40.9. The van der Waals surface area contributed by atoms with Gasteiger partial charge in [-0.3, -0.25) is 0 Å². The summed E-state index contributed by atoms with van der Waals surface area (Å²) < 4.78 is 43.3. The van der Waals surface area contributed by atoms with Crippen molar-refractivity contribution in [2.45, 2.75) is 160 Å².